The molecule has 1 aromatic carbocycles. The van der Waals surface area contributed by atoms with Crippen LogP contribution >= 0.6 is 0 Å². The summed E-state index contributed by atoms with van der Waals surface area (Å²) in [5.74, 6) is -0.298. The molecule has 0 bridgehead atoms. The first-order valence-electron chi connectivity index (χ1n) is 6.58. The van der Waals surface area contributed by atoms with Gasteiger partial charge in [0.25, 0.3) is 0 Å². The van der Waals surface area contributed by atoms with Crippen LogP contribution in [0.5, 0.6) is 0 Å². The highest BCUT2D eigenvalue weighted by Crippen LogP contribution is 2.62. The average Bonchev–Trinajstić information content (AvgIpc) is 3.09. The van der Waals surface area contributed by atoms with Crippen molar-refractivity contribution in [1.82, 2.24) is 0 Å². The van der Waals surface area contributed by atoms with E-state index in [1.54, 1.807) is 0 Å². The van der Waals surface area contributed by atoms with E-state index in [1.165, 1.54) is 18.9 Å². The minimum absolute atomic E-state index is 0.140. The summed E-state index contributed by atoms with van der Waals surface area (Å²) in [6.45, 7) is 2.21. The Bertz CT molecular complexity index is 630. The van der Waals surface area contributed by atoms with E-state index in [0.29, 0.717) is 0 Å². The molecule has 2 rings (SSSR count). The maximum absolute atomic E-state index is 11.9. The van der Waals surface area contributed by atoms with Gasteiger partial charge in [-0.15, -0.1) is 0 Å². The molecule has 0 N–H and O–H groups in total. The van der Waals surface area contributed by atoms with Gasteiger partial charge in [0.15, 0.2) is 9.84 Å². The fourth-order valence-corrected chi connectivity index (χ4v) is 4.89. The molecule has 108 valence electrons. The fraction of sp³-hybridized carbons (Fsp3) is 0.533. The molecule has 0 aliphatic heterocycles. The van der Waals surface area contributed by atoms with Crippen molar-refractivity contribution in [3.63, 3.8) is 0 Å². The molecule has 0 saturated heterocycles. The third-order valence-electron chi connectivity index (χ3n) is 4.06. The van der Waals surface area contributed by atoms with Crippen molar-refractivity contribution in [2.45, 2.75) is 24.5 Å². The van der Waals surface area contributed by atoms with Gasteiger partial charge < -0.3 is 4.74 Å². The Labute approximate surface area is 120 Å². The predicted octanol–water partition coefficient (Wildman–Crippen LogP) is 1.92. The van der Waals surface area contributed by atoms with Gasteiger partial charge in [0.1, 0.15) is 5.41 Å². The Kier molecular flexibility index (Phi) is 3.90. The van der Waals surface area contributed by atoms with Gasteiger partial charge >= 0.3 is 0 Å². The Hall–Kier alpha value is -1.38. The number of benzene rings is 1. The van der Waals surface area contributed by atoms with Gasteiger partial charge in [0, 0.05) is 19.3 Å². The first kappa shape index (κ1) is 15.0. The lowest BCUT2D eigenvalue weighted by Gasteiger charge is -2.07. The highest BCUT2D eigenvalue weighted by molar-refractivity contribution is 7.91. The molecule has 4 nitrogen and oxygen atoms in total. The number of rotatable bonds is 5. The Morgan fingerprint density at radius 2 is 1.95 bits per heavy atom. The quantitative estimate of drug-likeness (QED) is 0.831. The molecule has 0 amide bonds. The van der Waals surface area contributed by atoms with Crippen LogP contribution in [0.3, 0.4) is 0 Å². The van der Waals surface area contributed by atoms with Crippen LogP contribution < -0.4 is 0 Å². The number of ether oxygens (including phenoxy) is 1. The summed E-state index contributed by atoms with van der Waals surface area (Å²) in [4.78, 5) is 0. The monoisotopic (exact) mass is 293 g/mol. The van der Waals surface area contributed by atoms with Crippen molar-refractivity contribution in [2.75, 3.05) is 20.0 Å². The van der Waals surface area contributed by atoms with Gasteiger partial charge in [-0.3, -0.25) is 0 Å². The zero-order valence-corrected chi connectivity index (χ0v) is 12.8. The van der Waals surface area contributed by atoms with Crippen molar-refractivity contribution < 1.29 is 13.2 Å². The Morgan fingerprint density at radius 1 is 1.35 bits per heavy atom. The summed E-state index contributed by atoms with van der Waals surface area (Å²) in [5.41, 5.74) is 1.15. The van der Waals surface area contributed by atoms with Gasteiger partial charge in [0.2, 0.25) is 0 Å². The minimum atomic E-state index is -3.29. The summed E-state index contributed by atoms with van der Waals surface area (Å²) in [7, 11) is -1.79. The second kappa shape index (κ2) is 5.19. The first-order valence-corrected chi connectivity index (χ1v) is 8.54. The van der Waals surface area contributed by atoms with Crippen LogP contribution in [0.4, 0.5) is 0 Å². The Morgan fingerprint density at radius 3 is 2.35 bits per heavy atom. The standard InChI is InChI=1S/C15H19NO3S/c1-4-11-5-7-12(8-6-11)13-14(20(3,17)18)15(13,9-16)10-19-2/h5-8,13-14H,4,10H2,1-3H3/t13-,14-,15-/m0/s1. The SMILES string of the molecule is CCc1ccc([C@H]2[C@H](S(C)(=O)=O)[C@@]2(C#N)COC)cc1. The second-order valence-corrected chi connectivity index (χ2v) is 7.58. The van der Waals surface area contributed by atoms with Crippen molar-refractivity contribution in [2.24, 2.45) is 5.41 Å². The number of methoxy groups -OCH3 is 1. The van der Waals surface area contributed by atoms with Crippen LogP contribution in [0.2, 0.25) is 0 Å². The van der Waals surface area contributed by atoms with E-state index in [9.17, 15) is 13.7 Å². The molecular weight excluding hydrogens is 274 g/mol. The number of sulfone groups is 1. The zero-order chi connectivity index (χ0) is 15.0. The number of nitrogens with zero attached hydrogens (tertiary/aromatic N) is 1. The van der Waals surface area contributed by atoms with Crippen molar-refractivity contribution in [1.29, 1.82) is 5.26 Å². The number of hydrogen-bond donors (Lipinski definition) is 0. The first-order chi connectivity index (χ1) is 9.40. The maximum atomic E-state index is 11.9. The van der Waals surface area contributed by atoms with E-state index < -0.39 is 20.5 Å². The number of nitriles is 1. The molecule has 0 heterocycles. The van der Waals surface area contributed by atoms with Gasteiger partial charge in [-0.1, -0.05) is 31.2 Å². The Balaban J connectivity index is 2.41. The van der Waals surface area contributed by atoms with Gasteiger partial charge in [0.05, 0.1) is 17.9 Å². The minimum Gasteiger partial charge on any atom is -0.383 e. The lowest BCUT2D eigenvalue weighted by molar-refractivity contribution is 0.162. The second-order valence-electron chi connectivity index (χ2n) is 5.41. The molecule has 0 unspecified atom stereocenters. The lowest BCUT2D eigenvalue weighted by atomic mass is 10.00. The summed E-state index contributed by atoms with van der Waals surface area (Å²) in [5, 5.41) is 8.79. The topological polar surface area (TPSA) is 67.2 Å². The highest BCUT2D eigenvalue weighted by atomic mass is 32.2. The summed E-state index contributed by atoms with van der Waals surface area (Å²) in [6, 6.07) is 10.0. The fourth-order valence-electron chi connectivity index (χ4n) is 3.04. The van der Waals surface area contributed by atoms with Crippen LogP contribution in [-0.2, 0) is 21.0 Å². The predicted molar refractivity (Wildman–Crippen MR) is 77.1 cm³/mol. The third-order valence-corrected chi connectivity index (χ3v) is 5.67. The molecule has 20 heavy (non-hydrogen) atoms. The summed E-state index contributed by atoms with van der Waals surface area (Å²) in [6.07, 6.45) is 2.13. The molecule has 0 radical (unpaired) electrons. The molecule has 1 aliphatic rings. The molecule has 0 spiro atoms. The van der Waals surface area contributed by atoms with Crippen molar-refractivity contribution in [3.8, 4) is 6.07 Å². The van der Waals surface area contributed by atoms with Crippen LogP contribution in [0.1, 0.15) is 24.0 Å². The van der Waals surface area contributed by atoms with Crippen LogP contribution in [0.15, 0.2) is 24.3 Å². The smallest absolute Gasteiger partial charge is 0.152 e. The summed E-state index contributed by atoms with van der Waals surface area (Å²) < 4.78 is 29.0. The van der Waals surface area contributed by atoms with Gasteiger partial charge in [-0.2, -0.15) is 5.26 Å². The lowest BCUT2D eigenvalue weighted by Crippen LogP contribution is -2.17. The van der Waals surface area contributed by atoms with Gasteiger partial charge in [-0.05, 0) is 17.5 Å². The molecule has 5 heteroatoms. The van der Waals surface area contributed by atoms with E-state index >= 15 is 0 Å². The highest BCUT2D eigenvalue weighted by Gasteiger charge is 2.71. The molecule has 1 aliphatic carbocycles. The molecule has 0 aromatic heterocycles. The molecule has 1 aromatic rings. The van der Waals surface area contributed by atoms with Crippen molar-refractivity contribution >= 4 is 9.84 Å². The van der Waals surface area contributed by atoms with Crippen LogP contribution in [0, 0.1) is 16.7 Å². The van der Waals surface area contributed by atoms with Crippen LogP contribution in [0.25, 0.3) is 0 Å². The number of hydrogen-bond acceptors (Lipinski definition) is 4. The molecule has 1 saturated carbocycles. The number of aryl methyl sites for hydroxylation is 1. The maximum Gasteiger partial charge on any atom is 0.152 e. The molecule has 1 fully saturated rings. The normalized spacial score (nSPS) is 28.9. The molecular formula is C15H19NO3S. The van der Waals surface area contributed by atoms with E-state index in [-0.39, 0.29) is 12.5 Å². The third kappa shape index (κ3) is 2.34. The summed E-state index contributed by atoms with van der Waals surface area (Å²) >= 11 is 0. The van der Waals surface area contributed by atoms with Gasteiger partial charge in [-0.25, -0.2) is 8.42 Å². The van der Waals surface area contributed by atoms with E-state index in [4.69, 9.17) is 4.74 Å². The van der Waals surface area contributed by atoms with E-state index in [1.807, 2.05) is 24.3 Å². The average molecular weight is 293 g/mol. The van der Waals surface area contributed by atoms with Crippen LogP contribution in [-0.4, -0.2) is 33.6 Å². The van der Waals surface area contributed by atoms with E-state index in [0.717, 1.165) is 12.0 Å². The largest absolute Gasteiger partial charge is 0.383 e. The van der Waals surface area contributed by atoms with Crippen molar-refractivity contribution in [3.05, 3.63) is 35.4 Å². The van der Waals surface area contributed by atoms with E-state index in [2.05, 4.69) is 13.0 Å². The zero-order valence-electron chi connectivity index (χ0n) is 12.0. The molecule has 3 atom stereocenters.